The molecule has 0 atom stereocenters. The van der Waals surface area contributed by atoms with Crippen molar-refractivity contribution in [3.8, 4) is 0 Å². The number of aliphatic imine (C=N–C) groups is 1. The van der Waals surface area contributed by atoms with Gasteiger partial charge in [-0.3, -0.25) is 4.98 Å². The number of nitrogens with one attached hydrogen (secondary N) is 3. The lowest BCUT2D eigenvalue weighted by Gasteiger charge is -2.08. The highest BCUT2D eigenvalue weighted by atomic mass is 32.2. The van der Waals surface area contributed by atoms with Gasteiger partial charge in [-0.2, -0.15) is 13.2 Å². The lowest BCUT2D eigenvalue weighted by molar-refractivity contribution is -0.134. The maximum absolute atomic E-state index is 12.0. The number of nitrogens with zero attached hydrogens (tertiary/aromatic N) is 3. The van der Waals surface area contributed by atoms with E-state index in [1.807, 2.05) is 0 Å². The zero-order valence-electron chi connectivity index (χ0n) is 16.0. The smallest absolute Gasteiger partial charge is 0.408 e. The van der Waals surface area contributed by atoms with E-state index < -0.39 is 24.7 Å². The van der Waals surface area contributed by atoms with E-state index >= 15 is 0 Å². The van der Waals surface area contributed by atoms with Crippen LogP contribution in [0.1, 0.15) is 0 Å². The standard InChI is InChI=1S/C11H16F3N7S2.C4H4O4/c1-16-10(22)18-2-3-23-8-5-17-4-7(20-8)21-9(15)19-6-11(12,13)14;5-3(6)1-2-4(7)8/h4-5H,2-3,6H2,1H3,(H2,16,18,22)(H3,15,19,20,21);1-2H,(H,5,6)(H,7,8)/b;2-1-. The third-order valence-corrected chi connectivity index (χ3v) is 3.78. The molecule has 1 heterocycles. The Morgan fingerprint density at radius 3 is 2.42 bits per heavy atom. The molecule has 0 aromatic carbocycles. The number of alkyl halides is 3. The van der Waals surface area contributed by atoms with Gasteiger partial charge < -0.3 is 31.9 Å². The quantitative estimate of drug-likeness (QED) is 0.0762. The minimum atomic E-state index is -4.41. The number of guanidine groups is 1. The molecule has 0 spiro atoms. The van der Waals surface area contributed by atoms with Crippen molar-refractivity contribution in [2.24, 2.45) is 10.7 Å². The summed E-state index contributed by atoms with van der Waals surface area (Å²) >= 11 is 6.34. The summed E-state index contributed by atoms with van der Waals surface area (Å²) in [5.41, 5.74) is 5.37. The van der Waals surface area contributed by atoms with Crippen molar-refractivity contribution in [1.82, 2.24) is 20.6 Å². The van der Waals surface area contributed by atoms with Gasteiger partial charge in [0.1, 0.15) is 11.6 Å². The summed E-state index contributed by atoms with van der Waals surface area (Å²) in [6, 6.07) is 0. The molecule has 31 heavy (non-hydrogen) atoms. The van der Waals surface area contributed by atoms with Crippen LogP contribution in [0.25, 0.3) is 0 Å². The Kier molecular flexibility index (Phi) is 13.3. The molecule has 1 rings (SSSR count). The van der Waals surface area contributed by atoms with E-state index in [-0.39, 0.29) is 11.8 Å². The van der Waals surface area contributed by atoms with Crippen LogP contribution < -0.4 is 21.7 Å². The highest BCUT2D eigenvalue weighted by Gasteiger charge is 2.26. The number of halogens is 3. The number of hydrogen-bond donors (Lipinski definition) is 6. The highest BCUT2D eigenvalue weighted by molar-refractivity contribution is 7.99. The summed E-state index contributed by atoms with van der Waals surface area (Å²) in [6.07, 6.45) is -0.412. The second kappa shape index (κ2) is 14.8. The van der Waals surface area contributed by atoms with Crippen LogP contribution in [0.3, 0.4) is 0 Å². The number of aromatic nitrogens is 2. The molecule has 0 aliphatic rings. The van der Waals surface area contributed by atoms with Gasteiger partial charge in [0.05, 0.1) is 12.4 Å². The fourth-order valence-electron chi connectivity index (χ4n) is 1.37. The first-order valence-electron chi connectivity index (χ1n) is 8.11. The molecule has 0 aliphatic heterocycles. The largest absolute Gasteiger partial charge is 0.478 e. The molecule has 0 aliphatic carbocycles. The number of nitrogens with two attached hydrogens (primary N) is 1. The Balaban J connectivity index is 0.000000954. The average molecular weight is 483 g/mol. The monoisotopic (exact) mass is 483 g/mol. The predicted molar refractivity (Wildman–Crippen MR) is 113 cm³/mol. The van der Waals surface area contributed by atoms with Gasteiger partial charge in [0.2, 0.25) is 0 Å². The molecule has 1 aromatic heterocycles. The average Bonchev–Trinajstić information content (AvgIpc) is 2.68. The van der Waals surface area contributed by atoms with Crippen LogP contribution in [0.5, 0.6) is 0 Å². The fraction of sp³-hybridized carbons (Fsp3) is 0.333. The van der Waals surface area contributed by atoms with Crippen LogP contribution in [-0.4, -0.2) is 75.3 Å². The van der Waals surface area contributed by atoms with E-state index in [2.05, 4.69) is 30.9 Å². The predicted octanol–water partition coefficient (Wildman–Crippen LogP) is 0.663. The second-order valence-electron chi connectivity index (χ2n) is 5.05. The van der Waals surface area contributed by atoms with Crippen molar-refractivity contribution < 1.29 is 33.0 Å². The van der Waals surface area contributed by atoms with Crippen LogP contribution in [0.2, 0.25) is 0 Å². The van der Waals surface area contributed by atoms with Gasteiger partial charge in [-0.1, -0.05) is 0 Å². The van der Waals surface area contributed by atoms with Gasteiger partial charge in [0, 0.05) is 31.5 Å². The Hall–Kier alpha value is -3.14. The molecule has 0 bridgehead atoms. The topological polar surface area (TPSA) is 175 Å². The zero-order valence-corrected chi connectivity index (χ0v) is 17.6. The molecule has 0 saturated heterocycles. The number of anilines is 1. The number of rotatable bonds is 8. The number of carboxylic acid groups (broad SMARTS) is 2. The zero-order chi connectivity index (χ0) is 23.9. The van der Waals surface area contributed by atoms with Gasteiger partial charge >= 0.3 is 18.1 Å². The Morgan fingerprint density at radius 1 is 1.29 bits per heavy atom. The lowest BCUT2D eigenvalue weighted by Crippen LogP contribution is -2.33. The van der Waals surface area contributed by atoms with E-state index in [4.69, 9.17) is 28.2 Å². The molecule has 16 heteroatoms. The van der Waals surface area contributed by atoms with E-state index in [0.717, 1.165) is 0 Å². The van der Waals surface area contributed by atoms with Crippen molar-refractivity contribution in [1.29, 1.82) is 0 Å². The third kappa shape index (κ3) is 17.4. The number of thioether (sulfide) groups is 1. The Bertz CT molecular complexity index is 791. The summed E-state index contributed by atoms with van der Waals surface area (Å²) in [7, 11) is 1.72. The van der Waals surface area contributed by atoms with Crippen LogP contribution in [0, 0.1) is 0 Å². The van der Waals surface area contributed by atoms with Crippen LogP contribution in [0.4, 0.5) is 19.0 Å². The summed E-state index contributed by atoms with van der Waals surface area (Å²) < 4.78 is 36.1. The van der Waals surface area contributed by atoms with Crippen LogP contribution >= 0.6 is 24.0 Å². The van der Waals surface area contributed by atoms with Gasteiger partial charge in [0.15, 0.2) is 16.9 Å². The number of carboxylic acids is 2. The first-order chi connectivity index (χ1) is 14.4. The normalized spacial score (nSPS) is 11.3. The number of hydrogen-bond acceptors (Lipinski definition) is 7. The first kappa shape index (κ1) is 27.9. The fourth-order valence-corrected chi connectivity index (χ4v) is 2.19. The van der Waals surface area contributed by atoms with Crippen molar-refractivity contribution >= 4 is 52.8 Å². The molecular formula is C15H20F3N7O4S2. The van der Waals surface area contributed by atoms with Crippen molar-refractivity contribution in [3.63, 3.8) is 0 Å². The third-order valence-electron chi connectivity index (χ3n) is 2.53. The van der Waals surface area contributed by atoms with Gasteiger partial charge in [-0.05, 0) is 12.2 Å². The molecule has 0 fully saturated rings. The Morgan fingerprint density at radius 2 is 1.90 bits per heavy atom. The van der Waals surface area contributed by atoms with E-state index in [1.165, 1.54) is 24.2 Å². The minimum absolute atomic E-state index is 0.220. The Labute approximate surface area is 184 Å². The molecule has 11 nitrogen and oxygen atoms in total. The van der Waals surface area contributed by atoms with Gasteiger partial charge in [-0.15, -0.1) is 11.8 Å². The van der Waals surface area contributed by atoms with Crippen molar-refractivity contribution in [2.45, 2.75) is 11.2 Å². The molecular weight excluding hydrogens is 463 g/mol. The van der Waals surface area contributed by atoms with Crippen molar-refractivity contribution in [2.75, 3.05) is 31.2 Å². The van der Waals surface area contributed by atoms with E-state index in [9.17, 15) is 22.8 Å². The molecule has 7 N–H and O–H groups in total. The van der Waals surface area contributed by atoms with E-state index in [1.54, 1.807) is 7.05 Å². The summed E-state index contributed by atoms with van der Waals surface area (Å²) in [4.78, 5) is 30.4. The van der Waals surface area contributed by atoms with Crippen LogP contribution in [0.15, 0.2) is 34.6 Å². The molecule has 1 aromatic rings. The maximum atomic E-state index is 12.0. The minimum Gasteiger partial charge on any atom is -0.478 e. The number of carbonyl (C=O) groups is 2. The summed E-state index contributed by atoms with van der Waals surface area (Å²) in [6.45, 7) is -0.733. The summed E-state index contributed by atoms with van der Waals surface area (Å²) in [5, 5.41) is 25.0. The second-order valence-corrected chi connectivity index (χ2v) is 6.57. The molecule has 0 amide bonds. The van der Waals surface area contributed by atoms with Crippen LogP contribution in [-0.2, 0) is 9.59 Å². The summed E-state index contributed by atoms with van der Waals surface area (Å²) in [5.74, 6) is -1.99. The molecule has 172 valence electrons. The van der Waals surface area contributed by atoms with Gasteiger partial charge in [0.25, 0.3) is 0 Å². The lowest BCUT2D eigenvalue weighted by atomic mass is 10.5. The molecule has 0 saturated carbocycles. The number of thiocarbonyl (C=S) groups is 1. The highest BCUT2D eigenvalue weighted by Crippen LogP contribution is 2.16. The SMILES string of the molecule is CNC(=S)NCCSc1cncc(N/C(N)=N\CC(F)(F)F)n1.O=C(O)/C=C\C(=O)O. The molecule has 0 radical (unpaired) electrons. The number of aliphatic carboxylic acids is 2. The first-order valence-corrected chi connectivity index (χ1v) is 9.50. The van der Waals surface area contributed by atoms with Crippen molar-refractivity contribution in [3.05, 3.63) is 24.5 Å². The maximum Gasteiger partial charge on any atom is 0.408 e. The van der Waals surface area contributed by atoms with E-state index in [0.29, 0.717) is 34.6 Å². The molecule has 0 unspecified atom stereocenters. The van der Waals surface area contributed by atoms with Gasteiger partial charge in [-0.25, -0.2) is 19.6 Å².